The van der Waals surface area contributed by atoms with Crippen LogP contribution in [-0.4, -0.2) is 16.9 Å². The van der Waals surface area contributed by atoms with Gasteiger partial charge in [-0.2, -0.15) is 0 Å². The van der Waals surface area contributed by atoms with Crippen LogP contribution in [0.5, 0.6) is 0 Å². The second-order valence-electron chi connectivity index (χ2n) is 5.67. The molecule has 0 radical (unpaired) electrons. The zero-order chi connectivity index (χ0) is 16.8. The predicted molar refractivity (Wildman–Crippen MR) is 90.5 cm³/mol. The molecule has 0 aliphatic heterocycles. The second-order valence-corrected chi connectivity index (χ2v) is 5.67. The minimum absolute atomic E-state index is 0.0630. The summed E-state index contributed by atoms with van der Waals surface area (Å²) in [6, 6.07) is 18.3. The maximum absolute atomic E-state index is 12.6. The summed E-state index contributed by atoms with van der Waals surface area (Å²) in [5, 5.41) is 9.59. The Labute approximate surface area is 136 Å². The first-order valence-electron chi connectivity index (χ1n) is 7.52. The Morgan fingerprint density at radius 3 is 2.00 bits per heavy atom. The Hall–Kier alpha value is -2.68. The van der Waals surface area contributed by atoms with E-state index in [2.05, 4.69) is 6.58 Å². The zero-order valence-corrected chi connectivity index (χ0v) is 13.1. The number of carboxylic acid groups (broad SMARTS) is 1. The van der Waals surface area contributed by atoms with Crippen LogP contribution in [0.25, 0.3) is 0 Å². The van der Waals surface area contributed by atoms with Gasteiger partial charge in [-0.25, -0.2) is 0 Å². The summed E-state index contributed by atoms with van der Waals surface area (Å²) in [7, 11) is 0. The van der Waals surface area contributed by atoms with Crippen molar-refractivity contribution < 1.29 is 14.7 Å². The van der Waals surface area contributed by atoms with Crippen molar-refractivity contribution in [1.82, 2.24) is 0 Å². The first kappa shape index (κ1) is 16.7. The van der Waals surface area contributed by atoms with E-state index in [1.54, 1.807) is 31.2 Å². The first-order valence-corrected chi connectivity index (χ1v) is 7.52. The number of Topliss-reactive ketones (excluding diaryl/α,β-unsaturated/α-hetero) is 1. The van der Waals surface area contributed by atoms with Crippen molar-refractivity contribution in [3.05, 3.63) is 83.9 Å². The molecule has 0 aromatic heterocycles. The molecule has 0 spiro atoms. The van der Waals surface area contributed by atoms with Crippen molar-refractivity contribution >= 4 is 11.8 Å². The molecule has 0 bridgehead atoms. The highest BCUT2D eigenvalue weighted by molar-refractivity contribution is 5.97. The number of rotatable bonds is 7. The van der Waals surface area contributed by atoms with Gasteiger partial charge in [-0.1, -0.05) is 72.8 Å². The van der Waals surface area contributed by atoms with E-state index in [-0.39, 0.29) is 12.2 Å². The number of carbonyl (C=O) groups excluding carboxylic acids is 1. The topological polar surface area (TPSA) is 54.4 Å². The van der Waals surface area contributed by atoms with Crippen molar-refractivity contribution in [2.45, 2.75) is 19.3 Å². The van der Waals surface area contributed by atoms with Gasteiger partial charge in [0.1, 0.15) is 0 Å². The summed E-state index contributed by atoms with van der Waals surface area (Å²) in [6.45, 7) is 5.51. The maximum atomic E-state index is 12.6. The Kier molecular flexibility index (Phi) is 5.47. The fourth-order valence-corrected chi connectivity index (χ4v) is 2.80. The van der Waals surface area contributed by atoms with Crippen LogP contribution in [0.3, 0.4) is 0 Å². The Bertz CT molecular complexity index is 675. The molecule has 23 heavy (non-hydrogen) atoms. The third-order valence-electron chi connectivity index (χ3n) is 3.93. The van der Waals surface area contributed by atoms with E-state index >= 15 is 0 Å². The lowest BCUT2D eigenvalue weighted by atomic mass is 9.78. The molecule has 0 aliphatic carbocycles. The van der Waals surface area contributed by atoms with Gasteiger partial charge < -0.3 is 5.11 Å². The SMILES string of the molecule is C=C(C)[C@@H](C(=O)O)[C@@H](CC(=O)c1ccccc1)c1ccccc1. The van der Waals surface area contributed by atoms with Crippen LogP contribution in [0.2, 0.25) is 0 Å². The number of hydrogen-bond donors (Lipinski definition) is 1. The monoisotopic (exact) mass is 308 g/mol. The second kappa shape index (κ2) is 7.54. The fourth-order valence-electron chi connectivity index (χ4n) is 2.80. The maximum Gasteiger partial charge on any atom is 0.311 e. The van der Waals surface area contributed by atoms with E-state index in [0.29, 0.717) is 11.1 Å². The van der Waals surface area contributed by atoms with Crippen LogP contribution < -0.4 is 0 Å². The van der Waals surface area contributed by atoms with E-state index < -0.39 is 17.8 Å². The highest BCUT2D eigenvalue weighted by atomic mass is 16.4. The summed E-state index contributed by atoms with van der Waals surface area (Å²) in [5.74, 6) is -2.23. The van der Waals surface area contributed by atoms with Crippen LogP contribution in [0, 0.1) is 5.92 Å². The molecule has 2 rings (SSSR count). The van der Waals surface area contributed by atoms with Gasteiger partial charge in [-0.15, -0.1) is 0 Å². The van der Waals surface area contributed by atoms with E-state index in [4.69, 9.17) is 0 Å². The highest BCUT2D eigenvalue weighted by Crippen LogP contribution is 2.33. The molecule has 0 amide bonds. The van der Waals surface area contributed by atoms with E-state index in [0.717, 1.165) is 5.56 Å². The lowest BCUT2D eigenvalue weighted by Gasteiger charge is -2.24. The minimum atomic E-state index is -0.952. The van der Waals surface area contributed by atoms with Crippen LogP contribution >= 0.6 is 0 Å². The average molecular weight is 308 g/mol. The van der Waals surface area contributed by atoms with Crippen molar-refractivity contribution in [3.8, 4) is 0 Å². The first-order chi connectivity index (χ1) is 11.0. The van der Waals surface area contributed by atoms with Crippen LogP contribution in [0.1, 0.15) is 35.2 Å². The van der Waals surface area contributed by atoms with Crippen molar-refractivity contribution in [2.24, 2.45) is 5.92 Å². The third-order valence-corrected chi connectivity index (χ3v) is 3.93. The average Bonchev–Trinajstić information content (AvgIpc) is 2.55. The molecule has 2 atom stereocenters. The summed E-state index contributed by atoms with van der Waals surface area (Å²) in [4.78, 5) is 24.3. The smallest absolute Gasteiger partial charge is 0.311 e. The molecule has 0 fully saturated rings. The summed E-state index contributed by atoms with van der Waals surface area (Å²) in [5.41, 5.74) is 1.98. The summed E-state index contributed by atoms with van der Waals surface area (Å²) < 4.78 is 0. The molecular weight excluding hydrogens is 288 g/mol. The number of hydrogen-bond acceptors (Lipinski definition) is 2. The summed E-state index contributed by atoms with van der Waals surface area (Å²) >= 11 is 0. The van der Waals surface area contributed by atoms with Crippen LogP contribution in [0.15, 0.2) is 72.8 Å². The van der Waals surface area contributed by atoms with Crippen molar-refractivity contribution in [3.63, 3.8) is 0 Å². The zero-order valence-electron chi connectivity index (χ0n) is 13.1. The molecule has 0 saturated carbocycles. The van der Waals surface area contributed by atoms with Gasteiger partial charge in [-0.05, 0) is 12.5 Å². The van der Waals surface area contributed by atoms with Gasteiger partial charge in [-0.3, -0.25) is 9.59 Å². The van der Waals surface area contributed by atoms with Gasteiger partial charge >= 0.3 is 5.97 Å². The number of carbonyl (C=O) groups is 2. The van der Waals surface area contributed by atoms with E-state index in [1.807, 2.05) is 36.4 Å². The molecule has 2 aromatic rings. The molecule has 0 unspecified atom stereocenters. The Morgan fingerprint density at radius 2 is 1.52 bits per heavy atom. The van der Waals surface area contributed by atoms with Crippen LogP contribution in [-0.2, 0) is 4.79 Å². The molecule has 1 N–H and O–H groups in total. The van der Waals surface area contributed by atoms with E-state index in [1.165, 1.54) is 0 Å². The lowest BCUT2D eigenvalue weighted by molar-refractivity contribution is -0.141. The molecule has 0 aliphatic rings. The van der Waals surface area contributed by atoms with Crippen molar-refractivity contribution in [2.75, 3.05) is 0 Å². The number of ketones is 1. The normalized spacial score (nSPS) is 13.1. The fraction of sp³-hybridized carbons (Fsp3) is 0.200. The number of benzene rings is 2. The quantitative estimate of drug-likeness (QED) is 0.612. The minimum Gasteiger partial charge on any atom is -0.481 e. The van der Waals surface area contributed by atoms with Gasteiger partial charge in [0.2, 0.25) is 0 Å². The standard InChI is InChI=1S/C20H20O3/c1-14(2)19(20(22)23)17(15-9-5-3-6-10-15)13-18(21)16-11-7-4-8-12-16/h3-12,17,19H,1,13H2,2H3,(H,22,23)/t17-,19+/m0/s1. The molecule has 118 valence electrons. The molecule has 3 heteroatoms. The molecule has 3 nitrogen and oxygen atoms in total. The summed E-state index contributed by atoms with van der Waals surface area (Å²) in [6.07, 6.45) is 0.137. The lowest BCUT2D eigenvalue weighted by Crippen LogP contribution is -2.25. The van der Waals surface area contributed by atoms with Crippen molar-refractivity contribution in [1.29, 1.82) is 0 Å². The molecule has 0 heterocycles. The largest absolute Gasteiger partial charge is 0.481 e. The molecular formula is C20H20O3. The van der Waals surface area contributed by atoms with Gasteiger partial charge in [0.05, 0.1) is 5.92 Å². The Morgan fingerprint density at radius 1 is 1.00 bits per heavy atom. The van der Waals surface area contributed by atoms with E-state index in [9.17, 15) is 14.7 Å². The number of carboxylic acids is 1. The molecule has 0 saturated heterocycles. The number of aliphatic carboxylic acids is 1. The van der Waals surface area contributed by atoms with Crippen LogP contribution in [0.4, 0.5) is 0 Å². The Balaban J connectivity index is 2.36. The highest BCUT2D eigenvalue weighted by Gasteiger charge is 2.32. The molecule has 2 aromatic carbocycles. The van der Waals surface area contributed by atoms with Gasteiger partial charge in [0.25, 0.3) is 0 Å². The predicted octanol–water partition coefficient (Wildman–Crippen LogP) is 4.32. The van der Waals surface area contributed by atoms with Gasteiger partial charge in [0, 0.05) is 17.9 Å². The van der Waals surface area contributed by atoms with Gasteiger partial charge in [0.15, 0.2) is 5.78 Å². The third kappa shape index (κ3) is 4.16.